The van der Waals surface area contributed by atoms with Gasteiger partial charge in [0.05, 0.1) is 19.6 Å². The predicted octanol–water partition coefficient (Wildman–Crippen LogP) is 2.40. The van der Waals surface area contributed by atoms with Gasteiger partial charge in [0.2, 0.25) is 0 Å². The van der Waals surface area contributed by atoms with Crippen LogP contribution in [0.1, 0.15) is 25.0 Å². The molecule has 4 heteroatoms. The zero-order chi connectivity index (χ0) is 13.5. The van der Waals surface area contributed by atoms with Crippen molar-refractivity contribution in [1.29, 1.82) is 0 Å². The highest BCUT2D eigenvalue weighted by molar-refractivity contribution is 7.99. The Balaban J connectivity index is 2.67. The molecule has 0 aliphatic carbocycles. The first-order chi connectivity index (χ1) is 8.54. The van der Waals surface area contributed by atoms with Crippen LogP contribution in [0, 0.1) is 0 Å². The summed E-state index contributed by atoms with van der Waals surface area (Å²) in [5, 5.41) is 9.63. The predicted molar refractivity (Wildman–Crippen MR) is 74.6 cm³/mol. The van der Waals surface area contributed by atoms with Crippen molar-refractivity contribution in [3.05, 3.63) is 35.4 Å². The molecule has 1 aromatic carbocycles. The van der Waals surface area contributed by atoms with Crippen molar-refractivity contribution in [2.75, 3.05) is 7.11 Å². The molecule has 1 rings (SSSR count). The van der Waals surface area contributed by atoms with E-state index in [9.17, 15) is 9.90 Å². The minimum atomic E-state index is -0.331. The van der Waals surface area contributed by atoms with E-state index in [4.69, 9.17) is 0 Å². The Bertz CT molecular complexity index is 390. The molecule has 0 saturated heterocycles. The zero-order valence-electron chi connectivity index (χ0n) is 11.1. The molecule has 2 atom stereocenters. The Kier molecular flexibility index (Phi) is 6.22. The van der Waals surface area contributed by atoms with E-state index in [1.807, 2.05) is 31.2 Å². The van der Waals surface area contributed by atoms with Crippen LogP contribution in [-0.4, -0.2) is 29.5 Å². The number of benzene rings is 1. The van der Waals surface area contributed by atoms with Crippen LogP contribution in [0.25, 0.3) is 0 Å². The van der Waals surface area contributed by atoms with Gasteiger partial charge in [0, 0.05) is 11.0 Å². The Morgan fingerprint density at radius 3 is 2.50 bits per heavy atom. The Hall–Kier alpha value is -1.00. The summed E-state index contributed by atoms with van der Waals surface area (Å²) in [6, 6.07) is 7.84. The summed E-state index contributed by atoms with van der Waals surface area (Å²) in [7, 11) is 1.40. The summed E-state index contributed by atoms with van der Waals surface area (Å²) in [6.45, 7) is 3.79. The van der Waals surface area contributed by atoms with Crippen molar-refractivity contribution in [1.82, 2.24) is 0 Å². The standard InChI is InChI=1S/C14H20O3S/c1-10(15)11(2)18-9-13-7-5-4-6-12(13)8-14(16)17-3/h4-7,10-11,15H,8-9H2,1-3H3. The lowest BCUT2D eigenvalue weighted by molar-refractivity contribution is -0.139. The molecule has 0 radical (unpaired) electrons. The number of aliphatic hydroxyl groups excluding tert-OH is 1. The molecule has 0 heterocycles. The number of ether oxygens (including phenoxy) is 1. The van der Waals surface area contributed by atoms with Crippen molar-refractivity contribution in [2.45, 2.75) is 37.4 Å². The first-order valence-electron chi connectivity index (χ1n) is 5.98. The van der Waals surface area contributed by atoms with E-state index < -0.39 is 0 Å². The zero-order valence-corrected chi connectivity index (χ0v) is 11.9. The van der Waals surface area contributed by atoms with Gasteiger partial charge >= 0.3 is 5.97 Å². The number of methoxy groups -OCH3 is 1. The highest BCUT2D eigenvalue weighted by Crippen LogP contribution is 2.22. The van der Waals surface area contributed by atoms with Crippen LogP contribution in [0.15, 0.2) is 24.3 Å². The maximum Gasteiger partial charge on any atom is 0.309 e. The molecule has 3 nitrogen and oxygen atoms in total. The summed E-state index contributed by atoms with van der Waals surface area (Å²) in [4.78, 5) is 11.3. The molecule has 0 aromatic heterocycles. The third kappa shape index (κ3) is 4.70. The average molecular weight is 268 g/mol. The molecular formula is C14H20O3S. The Labute approximate surface area is 113 Å². The molecule has 1 aromatic rings. The number of rotatable bonds is 6. The average Bonchev–Trinajstić information content (AvgIpc) is 2.37. The molecule has 0 aliphatic rings. The molecule has 0 spiro atoms. The molecule has 0 bridgehead atoms. The molecule has 18 heavy (non-hydrogen) atoms. The minimum absolute atomic E-state index is 0.177. The highest BCUT2D eigenvalue weighted by Gasteiger charge is 2.12. The van der Waals surface area contributed by atoms with Crippen molar-refractivity contribution < 1.29 is 14.6 Å². The van der Waals surface area contributed by atoms with Crippen LogP contribution < -0.4 is 0 Å². The van der Waals surface area contributed by atoms with Crippen molar-refractivity contribution in [3.63, 3.8) is 0 Å². The molecule has 0 amide bonds. The second kappa shape index (κ2) is 7.44. The van der Waals surface area contributed by atoms with Gasteiger partial charge in [-0.05, 0) is 18.1 Å². The SMILES string of the molecule is COC(=O)Cc1ccccc1CSC(C)C(C)O. The van der Waals surface area contributed by atoms with Crippen molar-refractivity contribution >= 4 is 17.7 Å². The van der Waals surface area contributed by atoms with Gasteiger partial charge in [-0.2, -0.15) is 11.8 Å². The number of thioether (sulfide) groups is 1. The summed E-state index contributed by atoms with van der Waals surface area (Å²) >= 11 is 1.68. The molecule has 2 unspecified atom stereocenters. The van der Waals surface area contributed by atoms with Crippen LogP contribution in [0.2, 0.25) is 0 Å². The Morgan fingerprint density at radius 1 is 1.33 bits per heavy atom. The lowest BCUT2D eigenvalue weighted by Crippen LogP contribution is -2.15. The maximum atomic E-state index is 11.3. The number of hydrogen-bond donors (Lipinski definition) is 1. The highest BCUT2D eigenvalue weighted by atomic mass is 32.2. The van der Waals surface area contributed by atoms with Crippen molar-refractivity contribution in [3.8, 4) is 0 Å². The number of aliphatic hydroxyl groups is 1. The van der Waals surface area contributed by atoms with E-state index >= 15 is 0 Å². The van der Waals surface area contributed by atoms with Gasteiger partial charge in [-0.25, -0.2) is 0 Å². The normalized spacial score (nSPS) is 14.0. The van der Waals surface area contributed by atoms with Gasteiger partial charge in [0.25, 0.3) is 0 Å². The summed E-state index contributed by atoms with van der Waals surface area (Å²) < 4.78 is 4.69. The first-order valence-corrected chi connectivity index (χ1v) is 7.02. The van der Waals surface area contributed by atoms with E-state index in [2.05, 4.69) is 4.74 Å². The third-order valence-electron chi connectivity index (χ3n) is 2.86. The summed E-state index contributed by atoms with van der Waals surface area (Å²) in [6.07, 6.45) is -0.0289. The van der Waals surface area contributed by atoms with E-state index in [0.717, 1.165) is 16.9 Å². The van der Waals surface area contributed by atoms with Gasteiger partial charge < -0.3 is 9.84 Å². The van der Waals surface area contributed by atoms with E-state index in [0.29, 0.717) is 6.42 Å². The quantitative estimate of drug-likeness (QED) is 0.805. The van der Waals surface area contributed by atoms with E-state index in [1.165, 1.54) is 7.11 Å². The van der Waals surface area contributed by atoms with Crippen LogP contribution in [-0.2, 0) is 21.7 Å². The van der Waals surface area contributed by atoms with Gasteiger partial charge in [-0.3, -0.25) is 4.79 Å². The van der Waals surface area contributed by atoms with Crippen LogP contribution in [0.3, 0.4) is 0 Å². The van der Waals surface area contributed by atoms with Crippen LogP contribution >= 0.6 is 11.8 Å². The summed E-state index contributed by atoms with van der Waals surface area (Å²) in [5.41, 5.74) is 2.12. The number of carbonyl (C=O) groups excluding carboxylic acids is 1. The lowest BCUT2D eigenvalue weighted by atomic mass is 10.1. The van der Waals surface area contributed by atoms with Gasteiger partial charge in [0.15, 0.2) is 0 Å². The maximum absolute atomic E-state index is 11.3. The fourth-order valence-electron chi connectivity index (χ4n) is 1.46. The fraction of sp³-hybridized carbons (Fsp3) is 0.500. The minimum Gasteiger partial charge on any atom is -0.469 e. The topological polar surface area (TPSA) is 46.5 Å². The van der Waals surface area contributed by atoms with Crippen molar-refractivity contribution in [2.24, 2.45) is 0 Å². The second-order valence-corrected chi connectivity index (χ2v) is 5.64. The fourth-order valence-corrected chi connectivity index (χ4v) is 2.46. The summed E-state index contributed by atoms with van der Waals surface area (Å²) in [5.74, 6) is 0.565. The number of hydrogen-bond acceptors (Lipinski definition) is 4. The molecule has 0 saturated carbocycles. The smallest absolute Gasteiger partial charge is 0.309 e. The van der Waals surface area contributed by atoms with Gasteiger partial charge in [-0.1, -0.05) is 31.2 Å². The molecule has 0 fully saturated rings. The van der Waals surface area contributed by atoms with Crippen LogP contribution in [0.5, 0.6) is 0 Å². The second-order valence-electron chi connectivity index (χ2n) is 4.28. The molecule has 1 N–H and O–H groups in total. The van der Waals surface area contributed by atoms with Gasteiger partial charge in [-0.15, -0.1) is 0 Å². The largest absolute Gasteiger partial charge is 0.469 e. The van der Waals surface area contributed by atoms with E-state index in [-0.39, 0.29) is 17.3 Å². The van der Waals surface area contributed by atoms with Crippen LogP contribution in [0.4, 0.5) is 0 Å². The van der Waals surface area contributed by atoms with E-state index in [1.54, 1.807) is 18.7 Å². The monoisotopic (exact) mass is 268 g/mol. The Morgan fingerprint density at radius 2 is 1.94 bits per heavy atom. The number of carbonyl (C=O) groups is 1. The van der Waals surface area contributed by atoms with Gasteiger partial charge in [0.1, 0.15) is 0 Å². The molecule has 100 valence electrons. The third-order valence-corrected chi connectivity index (χ3v) is 4.26. The molecule has 0 aliphatic heterocycles. The number of esters is 1. The molecular weight excluding hydrogens is 248 g/mol. The first kappa shape index (κ1) is 15.1. The lowest BCUT2D eigenvalue weighted by Gasteiger charge is -2.15.